The van der Waals surface area contributed by atoms with Gasteiger partial charge in [-0.3, -0.25) is 14.4 Å². The number of amides is 1. The van der Waals surface area contributed by atoms with E-state index < -0.39 is 0 Å². The number of aromatic amines is 2. The van der Waals surface area contributed by atoms with Crippen LogP contribution in [0.5, 0.6) is 0 Å². The number of likely N-dealkylation sites (tertiary alicyclic amines) is 1. The number of carbonyl (C=O) groups excluding carboxylic acids is 1. The van der Waals surface area contributed by atoms with Crippen molar-refractivity contribution in [3.63, 3.8) is 0 Å². The zero-order valence-corrected chi connectivity index (χ0v) is 16.3. The fraction of sp³-hybridized carbons (Fsp3) is 0.500. The van der Waals surface area contributed by atoms with E-state index in [1.54, 1.807) is 11.0 Å². The molecular weight excluding hydrogens is 344 g/mol. The first-order valence-corrected chi connectivity index (χ1v) is 9.50. The average Bonchev–Trinajstić information content (AvgIpc) is 3.12. The number of rotatable bonds is 4. The molecule has 1 unspecified atom stereocenters. The molecule has 3 heterocycles. The number of pyridine rings is 1. The lowest BCUT2D eigenvalue weighted by atomic mass is 10.1. The SMILES string of the molecule is CCc1[nH]c(=O)c(C(=O)N2CCCC2c2nc(C)c(CC)c(=O)[nH]2)cc1C. The molecule has 2 aromatic rings. The molecule has 0 spiro atoms. The number of aromatic nitrogens is 3. The zero-order chi connectivity index (χ0) is 19.7. The van der Waals surface area contributed by atoms with Crippen LogP contribution in [0.1, 0.15) is 71.4 Å². The second-order valence-electron chi connectivity index (χ2n) is 7.05. The molecule has 1 amide bonds. The van der Waals surface area contributed by atoms with Gasteiger partial charge in [0.15, 0.2) is 0 Å². The van der Waals surface area contributed by atoms with Gasteiger partial charge in [-0.25, -0.2) is 4.98 Å². The maximum Gasteiger partial charge on any atom is 0.261 e. The molecule has 27 heavy (non-hydrogen) atoms. The Labute approximate surface area is 157 Å². The van der Waals surface area contributed by atoms with E-state index in [1.807, 2.05) is 27.7 Å². The summed E-state index contributed by atoms with van der Waals surface area (Å²) in [6.07, 6.45) is 2.83. The smallest absolute Gasteiger partial charge is 0.261 e. The Kier molecular flexibility index (Phi) is 5.30. The molecule has 7 nitrogen and oxygen atoms in total. The number of aryl methyl sites for hydroxylation is 3. The van der Waals surface area contributed by atoms with Gasteiger partial charge < -0.3 is 14.9 Å². The van der Waals surface area contributed by atoms with Crippen LogP contribution in [0.2, 0.25) is 0 Å². The summed E-state index contributed by atoms with van der Waals surface area (Å²) in [4.78, 5) is 49.7. The normalized spacial score (nSPS) is 16.7. The van der Waals surface area contributed by atoms with E-state index in [-0.39, 0.29) is 28.6 Å². The Morgan fingerprint density at radius 2 is 1.93 bits per heavy atom. The van der Waals surface area contributed by atoms with E-state index in [9.17, 15) is 14.4 Å². The number of H-pyrrole nitrogens is 2. The molecule has 1 aliphatic heterocycles. The van der Waals surface area contributed by atoms with Crippen molar-refractivity contribution in [2.24, 2.45) is 0 Å². The first-order valence-electron chi connectivity index (χ1n) is 9.50. The highest BCUT2D eigenvalue weighted by Crippen LogP contribution is 2.30. The van der Waals surface area contributed by atoms with Crippen molar-refractivity contribution in [2.75, 3.05) is 6.54 Å². The number of nitrogens with zero attached hydrogens (tertiary/aromatic N) is 2. The van der Waals surface area contributed by atoms with Crippen LogP contribution in [0.25, 0.3) is 0 Å². The largest absolute Gasteiger partial charge is 0.328 e. The summed E-state index contributed by atoms with van der Waals surface area (Å²) < 4.78 is 0. The molecule has 0 aromatic carbocycles. The van der Waals surface area contributed by atoms with Gasteiger partial charge in [-0.05, 0) is 51.2 Å². The summed E-state index contributed by atoms with van der Waals surface area (Å²) in [5.41, 5.74) is 2.71. The molecular formula is C20H26N4O3. The minimum Gasteiger partial charge on any atom is -0.328 e. The van der Waals surface area contributed by atoms with Gasteiger partial charge in [0, 0.05) is 23.5 Å². The van der Waals surface area contributed by atoms with Gasteiger partial charge in [0.25, 0.3) is 17.0 Å². The maximum absolute atomic E-state index is 13.1. The van der Waals surface area contributed by atoms with Crippen molar-refractivity contribution in [3.8, 4) is 0 Å². The number of carbonyl (C=O) groups is 1. The van der Waals surface area contributed by atoms with Crippen molar-refractivity contribution in [1.29, 1.82) is 0 Å². The van der Waals surface area contributed by atoms with E-state index >= 15 is 0 Å². The molecule has 1 aliphatic rings. The standard InChI is InChI=1S/C20H26N4O3/c1-5-13-12(4)21-17(23-18(13)25)16-8-7-9-24(16)20(27)14-10-11(3)15(6-2)22-19(14)26/h10,16H,5-9H2,1-4H3,(H,22,26)(H,21,23,25). The summed E-state index contributed by atoms with van der Waals surface area (Å²) >= 11 is 0. The Morgan fingerprint density at radius 3 is 2.56 bits per heavy atom. The first kappa shape index (κ1) is 19.1. The fourth-order valence-corrected chi connectivity index (χ4v) is 3.85. The third-order valence-electron chi connectivity index (χ3n) is 5.35. The van der Waals surface area contributed by atoms with Crippen LogP contribution in [-0.4, -0.2) is 32.3 Å². The topological polar surface area (TPSA) is 98.9 Å². The van der Waals surface area contributed by atoms with Gasteiger partial charge in [0.05, 0.1) is 6.04 Å². The Morgan fingerprint density at radius 1 is 1.19 bits per heavy atom. The van der Waals surface area contributed by atoms with Gasteiger partial charge in [0.1, 0.15) is 11.4 Å². The zero-order valence-electron chi connectivity index (χ0n) is 16.3. The van der Waals surface area contributed by atoms with Crippen molar-refractivity contribution in [1.82, 2.24) is 19.9 Å². The number of hydrogen-bond acceptors (Lipinski definition) is 4. The van der Waals surface area contributed by atoms with Crippen LogP contribution in [0.3, 0.4) is 0 Å². The highest BCUT2D eigenvalue weighted by atomic mass is 16.2. The summed E-state index contributed by atoms with van der Waals surface area (Å²) in [5.74, 6) is 0.184. The van der Waals surface area contributed by atoms with E-state index in [1.165, 1.54) is 0 Å². The van der Waals surface area contributed by atoms with Crippen molar-refractivity contribution < 1.29 is 4.79 Å². The van der Waals surface area contributed by atoms with Crippen molar-refractivity contribution in [2.45, 2.75) is 59.4 Å². The second kappa shape index (κ2) is 7.50. The molecule has 0 saturated carbocycles. The van der Waals surface area contributed by atoms with Crippen LogP contribution in [-0.2, 0) is 12.8 Å². The van der Waals surface area contributed by atoms with E-state index in [0.29, 0.717) is 42.9 Å². The summed E-state index contributed by atoms with van der Waals surface area (Å²) in [5, 5.41) is 0. The molecule has 1 atom stereocenters. The number of hydrogen-bond donors (Lipinski definition) is 2. The molecule has 144 valence electrons. The van der Waals surface area contributed by atoms with Crippen LogP contribution >= 0.6 is 0 Å². The first-order chi connectivity index (χ1) is 12.9. The predicted molar refractivity (Wildman–Crippen MR) is 103 cm³/mol. The van der Waals surface area contributed by atoms with Crippen LogP contribution in [0, 0.1) is 13.8 Å². The lowest BCUT2D eigenvalue weighted by molar-refractivity contribution is 0.0727. The average molecular weight is 370 g/mol. The third kappa shape index (κ3) is 3.46. The quantitative estimate of drug-likeness (QED) is 0.862. The fourth-order valence-electron chi connectivity index (χ4n) is 3.85. The molecule has 7 heteroatoms. The van der Waals surface area contributed by atoms with E-state index in [0.717, 1.165) is 17.7 Å². The molecule has 2 N–H and O–H groups in total. The number of nitrogens with one attached hydrogen (secondary N) is 2. The Balaban J connectivity index is 1.98. The van der Waals surface area contributed by atoms with Crippen LogP contribution < -0.4 is 11.1 Å². The summed E-state index contributed by atoms with van der Waals surface area (Å²) in [6, 6.07) is 1.34. The lowest BCUT2D eigenvalue weighted by Gasteiger charge is -2.24. The maximum atomic E-state index is 13.1. The van der Waals surface area contributed by atoms with Crippen LogP contribution in [0.15, 0.2) is 15.7 Å². The molecule has 0 radical (unpaired) electrons. The second-order valence-corrected chi connectivity index (χ2v) is 7.05. The van der Waals surface area contributed by atoms with E-state index in [4.69, 9.17) is 0 Å². The summed E-state index contributed by atoms with van der Waals surface area (Å²) in [7, 11) is 0. The van der Waals surface area contributed by atoms with Crippen molar-refractivity contribution in [3.05, 3.63) is 60.7 Å². The highest BCUT2D eigenvalue weighted by molar-refractivity contribution is 5.94. The monoisotopic (exact) mass is 370 g/mol. The molecule has 1 fully saturated rings. The van der Waals surface area contributed by atoms with E-state index in [2.05, 4.69) is 15.0 Å². The van der Waals surface area contributed by atoms with Gasteiger partial charge in [-0.2, -0.15) is 0 Å². The molecule has 2 aromatic heterocycles. The molecule has 3 rings (SSSR count). The third-order valence-corrected chi connectivity index (χ3v) is 5.35. The molecule has 0 aliphatic carbocycles. The predicted octanol–water partition coefficient (Wildman–Crippen LogP) is 2.18. The summed E-state index contributed by atoms with van der Waals surface area (Å²) in [6.45, 7) is 8.12. The Hall–Kier alpha value is -2.70. The molecule has 1 saturated heterocycles. The van der Waals surface area contributed by atoms with Gasteiger partial charge in [-0.15, -0.1) is 0 Å². The minimum atomic E-state index is -0.368. The van der Waals surface area contributed by atoms with Gasteiger partial charge in [0.2, 0.25) is 0 Å². The van der Waals surface area contributed by atoms with Crippen molar-refractivity contribution >= 4 is 5.91 Å². The van der Waals surface area contributed by atoms with Gasteiger partial charge in [-0.1, -0.05) is 13.8 Å². The van der Waals surface area contributed by atoms with Crippen LogP contribution in [0.4, 0.5) is 0 Å². The highest BCUT2D eigenvalue weighted by Gasteiger charge is 2.33. The minimum absolute atomic E-state index is 0.140. The molecule has 0 bridgehead atoms. The van der Waals surface area contributed by atoms with Gasteiger partial charge >= 0.3 is 0 Å². The lowest BCUT2D eigenvalue weighted by Crippen LogP contribution is -2.36. The Bertz CT molecular complexity index is 990.